The van der Waals surface area contributed by atoms with Crippen LogP contribution < -0.4 is 11.1 Å². The number of carboxylic acid groups (broad SMARTS) is 1. The molecule has 4 atom stereocenters. The molecule has 3 rings (SSSR count). The van der Waals surface area contributed by atoms with Gasteiger partial charge in [0.1, 0.15) is 28.6 Å². The molecule has 9 nitrogen and oxygen atoms in total. The highest BCUT2D eigenvalue weighted by Gasteiger charge is 2.56. The summed E-state index contributed by atoms with van der Waals surface area (Å²) in [5.41, 5.74) is 5.38. The summed E-state index contributed by atoms with van der Waals surface area (Å²) in [6.07, 6.45) is 1.34. The number of aliphatic hydroxyl groups is 1. The number of aliphatic carboxylic acids is 1. The van der Waals surface area contributed by atoms with Crippen LogP contribution in [-0.4, -0.2) is 61.7 Å². The van der Waals surface area contributed by atoms with Crippen molar-refractivity contribution in [3.05, 3.63) is 42.0 Å². The standard InChI is InChI=1S/C18H21N3O6S/c1-2-18(17(26)27)7-21-15(25)13(16(21)28-8-18)20-14(24)12(19)9-3-4-10(6-22)11(23)5-9/h2-5,12-13,16,22-23H,1,6-8,19H2,(H,20,24)(H,26,27)/t12?,13?,16-,18?/m1/s1. The van der Waals surface area contributed by atoms with E-state index in [1.165, 1.54) is 40.9 Å². The van der Waals surface area contributed by atoms with E-state index in [2.05, 4.69) is 11.9 Å². The molecule has 0 aliphatic carbocycles. The maximum atomic E-state index is 12.5. The summed E-state index contributed by atoms with van der Waals surface area (Å²) in [5.74, 6) is -1.93. The molecule has 2 aliphatic rings. The van der Waals surface area contributed by atoms with Crippen molar-refractivity contribution in [1.29, 1.82) is 0 Å². The zero-order chi connectivity index (χ0) is 20.6. The molecule has 0 bridgehead atoms. The quantitative estimate of drug-likeness (QED) is 0.314. The Kier molecular flexibility index (Phi) is 5.37. The number of rotatable bonds is 6. The number of amides is 2. The number of nitrogens with zero attached hydrogens (tertiary/aromatic N) is 1. The molecular formula is C18H21N3O6S. The van der Waals surface area contributed by atoms with E-state index in [-0.39, 0.29) is 35.9 Å². The van der Waals surface area contributed by atoms with Gasteiger partial charge in [0.2, 0.25) is 11.8 Å². The van der Waals surface area contributed by atoms with Gasteiger partial charge in [0, 0.05) is 17.9 Å². The number of phenols is 1. The maximum absolute atomic E-state index is 12.5. The molecule has 2 amide bonds. The van der Waals surface area contributed by atoms with E-state index in [9.17, 15) is 24.6 Å². The number of carbonyl (C=O) groups is 3. The van der Waals surface area contributed by atoms with Crippen molar-refractivity contribution in [2.75, 3.05) is 12.3 Å². The van der Waals surface area contributed by atoms with Gasteiger partial charge in [0.15, 0.2) is 0 Å². The molecule has 2 saturated heterocycles. The normalized spacial score (nSPS) is 27.4. The van der Waals surface area contributed by atoms with E-state index in [1.54, 1.807) is 0 Å². The molecule has 0 radical (unpaired) electrons. The van der Waals surface area contributed by atoms with Crippen molar-refractivity contribution in [3.63, 3.8) is 0 Å². The fraction of sp³-hybridized carbons (Fsp3) is 0.389. The number of carbonyl (C=O) groups excluding carboxylic acids is 2. The van der Waals surface area contributed by atoms with Gasteiger partial charge in [0.05, 0.1) is 6.61 Å². The lowest BCUT2D eigenvalue weighted by Gasteiger charge is -2.53. The third kappa shape index (κ3) is 3.23. The lowest BCUT2D eigenvalue weighted by Crippen LogP contribution is -2.73. The van der Waals surface area contributed by atoms with Gasteiger partial charge in [-0.05, 0) is 11.6 Å². The molecule has 2 aliphatic heterocycles. The van der Waals surface area contributed by atoms with E-state index >= 15 is 0 Å². The van der Waals surface area contributed by atoms with Gasteiger partial charge in [0.25, 0.3) is 0 Å². The predicted molar refractivity (Wildman–Crippen MR) is 101 cm³/mol. The number of hydrogen-bond acceptors (Lipinski definition) is 7. The van der Waals surface area contributed by atoms with Gasteiger partial charge in [-0.2, -0.15) is 0 Å². The van der Waals surface area contributed by atoms with E-state index in [1.807, 2.05) is 0 Å². The molecule has 2 heterocycles. The largest absolute Gasteiger partial charge is 0.508 e. The number of benzene rings is 1. The summed E-state index contributed by atoms with van der Waals surface area (Å²) in [5, 5.41) is 30.6. The minimum Gasteiger partial charge on any atom is -0.508 e. The fourth-order valence-corrected chi connectivity index (χ4v) is 4.77. The maximum Gasteiger partial charge on any atom is 0.316 e. The zero-order valence-electron chi connectivity index (χ0n) is 14.9. The van der Waals surface area contributed by atoms with Crippen molar-refractivity contribution < 1.29 is 29.7 Å². The first-order chi connectivity index (χ1) is 13.2. The number of nitrogens with one attached hydrogen (secondary N) is 1. The van der Waals surface area contributed by atoms with Crippen molar-refractivity contribution in [2.45, 2.75) is 24.1 Å². The van der Waals surface area contributed by atoms with E-state index in [0.717, 1.165) is 0 Å². The minimum atomic E-state index is -1.20. The summed E-state index contributed by atoms with van der Waals surface area (Å²) in [6.45, 7) is 3.24. The third-order valence-corrected chi connectivity index (χ3v) is 6.69. The van der Waals surface area contributed by atoms with E-state index in [0.29, 0.717) is 11.1 Å². The topological polar surface area (TPSA) is 153 Å². The van der Waals surface area contributed by atoms with Crippen LogP contribution in [-0.2, 0) is 21.0 Å². The highest BCUT2D eigenvalue weighted by Crippen LogP contribution is 2.42. The number of nitrogens with two attached hydrogens (primary N) is 1. The molecule has 6 N–H and O–H groups in total. The Bertz CT molecular complexity index is 847. The lowest BCUT2D eigenvalue weighted by atomic mass is 9.87. The second-order valence-corrected chi connectivity index (χ2v) is 7.95. The number of fused-ring (bicyclic) bond motifs is 1. The Balaban J connectivity index is 1.66. The lowest BCUT2D eigenvalue weighted by molar-refractivity contribution is -0.156. The van der Waals surface area contributed by atoms with Crippen LogP contribution in [0.15, 0.2) is 30.9 Å². The first-order valence-electron chi connectivity index (χ1n) is 8.52. The molecule has 0 saturated carbocycles. The zero-order valence-corrected chi connectivity index (χ0v) is 15.7. The van der Waals surface area contributed by atoms with Crippen LogP contribution in [0.2, 0.25) is 0 Å². The fourth-order valence-electron chi connectivity index (χ4n) is 3.24. The highest BCUT2D eigenvalue weighted by atomic mass is 32.2. The Morgan fingerprint density at radius 3 is 2.79 bits per heavy atom. The van der Waals surface area contributed by atoms with Gasteiger partial charge in [-0.3, -0.25) is 14.4 Å². The molecule has 28 heavy (non-hydrogen) atoms. The van der Waals surface area contributed by atoms with Crippen LogP contribution in [0.25, 0.3) is 0 Å². The van der Waals surface area contributed by atoms with Gasteiger partial charge in [-0.25, -0.2) is 0 Å². The smallest absolute Gasteiger partial charge is 0.316 e. The summed E-state index contributed by atoms with van der Waals surface area (Å²) in [7, 11) is 0. The van der Waals surface area contributed by atoms with Gasteiger partial charge in [-0.15, -0.1) is 18.3 Å². The summed E-state index contributed by atoms with van der Waals surface area (Å²) in [6, 6.07) is 2.38. The third-order valence-electron chi connectivity index (χ3n) is 5.14. The Hall–Kier alpha value is -2.56. The van der Waals surface area contributed by atoms with Gasteiger partial charge >= 0.3 is 5.97 Å². The monoisotopic (exact) mass is 407 g/mol. The Morgan fingerprint density at radius 1 is 1.50 bits per heavy atom. The molecule has 0 aromatic heterocycles. The summed E-state index contributed by atoms with van der Waals surface area (Å²) >= 11 is 1.27. The van der Waals surface area contributed by atoms with Crippen molar-refractivity contribution in [3.8, 4) is 5.75 Å². The molecular weight excluding hydrogens is 386 g/mol. The molecule has 1 aromatic rings. The van der Waals surface area contributed by atoms with Crippen molar-refractivity contribution in [2.24, 2.45) is 11.1 Å². The highest BCUT2D eigenvalue weighted by molar-refractivity contribution is 8.00. The Morgan fingerprint density at radius 2 is 2.21 bits per heavy atom. The summed E-state index contributed by atoms with van der Waals surface area (Å²) in [4.78, 5) is 37.8. The van der Waals surface area contributed by atoms with Crippen LogP contribution in [0.5, 0.6) is 5.75 Å². The number of β-lactam (4-membered cyclic amide) rings is 1. The van der Waals surface area contributed by atoms with Crippen LogP contribution in [0.4, 0.5) is 0 Å². The molecule has 3 unspecified atom stereocenters. The van der Waals surface area contributed by atoms with Gasteiger partial charge < -0.3 is 31.3 Å². The SMILES string of the molecule is C=CC1(C(=O)O)CS[C@@H]2C(NC(=O)C(N)c3ccc(CO)c(O)c3)C(=O)N2C1. The second-order valence-electron chi connectivity index (χ2n) is 6.84. The molecule has 150 valence electrons. The van der Waals surface area contributed by atoms with Crippen LogP contribution in [0.1, 0.15) is 17.2 Å². The second kappa shape index (κ2) is 7.46. The first-order valence-corrected chi connectivity index (χ1v) is 9.56. The average Bonchev–Trinajstić information content (AvgIpc) is 2.70. The average molecular weight is 407 g/mol. The van der Waals surface area contributed by atoms with Crippen molar-refractivity contribution >= 4 is 29.5 Å². The number of thioether (sulfide) groups is 1. The van der Waals surface area contributed by atoms with Crippen molar-refractivity contribution in [1.82, 2.24) is 10.2 Å². The van der Waals surface area contributed by atoms with Gasteiger partial charge in [-0.1, -0.05) is 18.2 Å². The minimum absolute atomic E-state index is 0.0112. The first kappa shape index (κ1) is 20.2. The number of aromatic hydroxyl groups is 1. The molecule has 2 fully saturated rings. The number of carboxylic acids is 1. The molecule has 0 spiro atoms. The van der Waals surface area contributed by atoms with Crippen LogP contribution >= 0.6 is 11.8 Å². The molecule has 1 aromatic carbocycles. The number of hydrogen-bond donors (Lipinski definition) is 5. The van der Waals surface area contributed by atoms with Crippen LogP contribution in [0.3, 0.4) is 0 Å². The summed E-state index contributed by atoms with van der Waals surface area (Å²) < 4.78 is 0. The predicted octanol–water partition coefficient (Wildman–Crippen LogP) is -0.459. The van der Waals surface area contributed by atoms with E-state index in [4.69, 9.17) is 10.8 Å². The van der Waals surface area contributed by atoms with Crippen LogP contribution in [0, 0.1) is 5.41 Å². The van der Waals surface area contributed by atoms with E-state index < -0.39 is 29.4 Å². The Labute approximate surface area is 165 Å². The number of aliphatic hydroxyl groups excluding tert-OH is 1. The molecule has 10 heteroatoms.